The molecule has 3 aromatic rings. The van der Waals surface area contributed by atoms with Crippen LogP contribution in [0.1, 0.15) is 22.3 Å². The fraction of sp³-hybridized carbons (Fsp3) is 0.100. The molecule has 0 bridgehead atoms. The Morgan fingerprint density at radius 1 is 0.857 bits per heavy atom. The lowest BCUT2D eigenvalue weighted by molar-refractivity contribution is 0.185. The first-order chi connectivity index (χ1) is 10.4. The lowest BCUT2D eigenvalue weighted by atomic mass is 9.93. The molecule has 0 atom stereocenters. The minimum atomic E-state index is 0.643. The van der Waals surface area contributed by atoms with Gasteiger partial charge in [0.1, 0.15) is 0 Å². The van der Waals surface area contributed by atoms with E-state index in [0.717, 1.165) is 0 Å². The van der Waals surface area contributed by atoms with Gasteiger partial charge < -0.3 is 4.74 Å². The summed E-state index contributed by atoms with van der Waals surface area (Å²) in [4.78, 5) is 0. The van der Waals surface area contributed by atoms with E-state index in [2.05, 4.69) is 66.7 Å². The number of hydrogen-bond donors (Lipinski definition) is 0. The van der Waals surface area contributed by atoms with Gasteiger partial charge in [-0.2, -0.15) is 0 Å². The summed E-state index contributed by atoms with van der Waals surface area (Å²) in [5.74, 6) is 0. The van der Waals surface area contributed by atoms with Gasteiger partial charge in [-0.05, 0) is 44.7 Å². The van der Waals surface area contributed by atoms with Crippen molar-refractivity contribution in [2.45, 2.75) is 6.61 Å². The van der Waals surface area contributed by atoms with Crippen molar-refractivity contribution in [1.82, 2.24) is 0 Å². The van der Waals surface area contributed by atoms with Crippen molar-refractivity contribution in [3.8, 4) is 0 Å². The van der Waals surface area contributed by atoms with Crippen LogP contribution in [0.25, 0.3) is 22.4 Å². The predicted octanol–water partition coefficient (Wildman–Crippen LogP) is 4.89. The molecule has 0 spiro atoms. The second-order valence-electron chi connectivity index (χ2n) is 5.40. The van der Waals surface area contributed by atoms with E-state index in [0.29, 0.717) is 6.61 Å². The van der Waals surface area contributed by atoms with Crippen LogP contribution in [0.5, 0.6) is 0 Å². The average Bonchev–Trinajstić information content (AvgIpc) is 2.93. The lowest BCUT2D eigenvalue weighted by Gasteiger charge is -2.12. The molecule has 1 nitrogen and oxygen atoms in total. The molecule has 0 unspecified atom stereocenters. The largest absolute Gasteiger partial charge is 0.380 e. The Bertz CT molecular complexity index is 844. The Labute approximate surface area is 124 Å². The van der Waals surface area contributed by atoms with Crippen LogP contribution in [0.4, 0.5) is 0 Å². The molecule has 0 fully saturated rings. The van der Waals surface area contributed by atoms with Crippen LogP contribution in [-0.4, -0.2) is 7.11 Å². The van der Waals surface area contributed by atoms with Crippen LogP contribution < -0.4 is 0 Å². The number of rotatable bonds is 3. The van der Waals surface area contributed by atoms with Gasteiger partial charge in [0.25, 0.3) is 0 Å². The number of benzene rings is 3. The fourth-order valence-corrected chi connectivity index (χ4v) is 3.23. The molecule has 102 valence electrons. The van der Waals surface area contributed by atoms with Crippen LogP contribution in [0.15, 0.2) is 60.7 Å². The van der Waals surface area contributed by atoms with Gasteiger partial charge >= 0.3 is 0 Å². The first-order valence-corrected chi connectivity index (χ1v) is 7.19. The van der Waals surface area contributed by atoms with Gasteiger partial charge in [-0.25, -0.2) is 0 Å². The van der Waals surface area contributed by atoms with Crippen molar-refractivity contribution in [3.05, 3.63) is 82.9 Å². The second-order valence-corrected chi connectivity index (χ2v) is 5.40. The van der Waals surface area contributed by atoms with E-state index in [1.165, 1.54) is 38.6 Å². The summed E-state index contributed by atoms with van der Waals surface area (Å²) in [5.41, 5.74) is 6.45. The Morgan fingerprint density at radius 3 is 2.52 bits per heavy atom. The summed E-state index contributed by atoms with van der Waals surface area (Å²) in [7, 11) is 1.75. The van der Waals surface area contributed by atoms with Gasteiger partial charge in [0.05, 0.1) is 6.61 Å². The number of hydrogen-bond acceptors (Lipinski definition) is 1. The molecular formula is C20H16O. The Balaban J connectivity index is 2.03. The maximum atomic E-state index is 5.40. The fourth-order valence-electron chi connectivity index (χ4n) is 3.23. The van der Waals surface area contributed by atoms with Crippen LogP contribution in [0.2, 0.25) is 0 Å². The summed E-state index contributed by atoms with van der Waals surface area (Å²) >= 11 is 0. The molecule has 4 rings (SSSR count). The predicted molar refractivity (Wildman–Crippen MR) is 88.1 cm³/mol. The monoisotopic (exact) mass is 272 g/mol. The maximum Gasteiger partial charge on any atom is 0.0719 e. The van der Waals surface area contributed by atoms with Gasteiger partial charge in [0.15, 0.2) is 0 Å². The highest BCUT2D eigenvalue weighted by atomic mass is 16.5. The van der Waals surface area contributed by atoms with Crippen molar-refractivity contribution in [1.29, 1.82) is 0 Å². The highest BCUT2D eigenvalue weighted by Gasteiger charge is 2.20. The van der Waals surface area contributed by atoms with Crippen molar-refractivity contribution >= 4 is 22.4 Å². The van der Waals surface area contributed by atoms with Gasteiger partial charge in [-0.3, -0.25) is 0 Å². The molecule has 1 heteroatoms. The zero-order valence-electron chi connectivity index (χ0n) is 12.0. The molecule has 0 amide bonds. The standard InChI is InChI=1S/C20H16O/c1-21-13-17-11-10-15-8-5-9-16-12-18(20(17)19(15)16)14-6-3-2-4-7-14/h2-12H,13H2,1H3. The Kier molecular flexibility index (Phi) is 2.87. The molecule has 1 aliphatic carbocycles. The van der Waals surface area contributed by atoms with Gasteiger partial charge in [0, 0.05) is 7.11 Å². The maximum absolute atomic E-state index is 5.40. The van der Waals surface area contributed by atoms with Crippen LogP contribution >= 0.6 is 0 Å². The molecular weight excluding hydrogens is 256 g/mol. The molecule has 0 saturated heterocycles. The van der Waals surface area contributed by atoms with E-state index >= 15 is 0 Å². The van der Waals surface area contributed by atoms with Gasteiger partial charge in [0.2, 0.25) is 0 Å². The second kappa shape index (κ2) is 4.87. The first kappa shape index (κ1) is 12.4. The summed E-state index contributed by atoms with van der Waals surface area (Å²) < 4.78 is 5.40. The van der Waals surface area contributed by atoms with Crippen LogP contribution in [0.3, 0.4) is 0 Å². The topological polar surface area (TPSA) is 9.23 Å². The van der Waals surface area contributed by atoms with Crippen molar-refractivity contribution in [2.24, 2.45) is 0 Å². The summed E-state index contributed by atoms with van der Waals surface area (Å²) in [6, 6.07) is 21.5. The lowest BCUT2D eigenvalue weighted by Crippen LogP contribution is -1.96. The van der Waals surface area contributed by atoms with E-state index in [4.69, 9.17) is 4.74 Å². The normalized spacial score (nSPS) is 12.7. The molecule has 0 saturated carbocycles. The molecule has 0 aromatic heterocycles. The molecule has 0 radical (unpaired) electrons. The SMILES string of the molecule is COCc1ccc2cccc3c2c1C(c1ccccc1)=C3. The number of methoxy groups -OCH3 is 1. The average molecular weight is 272 g/mol. The quantitative estimate of drug-likeness (QED) is 0.516. The van der Waals surface area contributed by atoms with E-state index in [9.17, 15) is 0 Å². The van der Waals surface area contributed by atoms with Gasteiger partial charge in [-0.15, -0.1) is 0 Å². The molecule has 0 heterocycles. The van der Waals surface area contributed by atoms with E-state index in [-0.39, 0.29) is 0 Å². The zero-order valence-corrected chi connectivity index (χ0v) is 12.0. The van der Waals surface area contributed by atoms with E-state index in [1.54, 1.807) is 7.11 Å². The molecule has 0 aliphatic heterocycles. The summed E-state index contributed by atoms with van der Waals surface area (Å²) in [6.45, 7) is 0.643. The summed E-state index contributed by atoms with van der Waals surface area (Å²) in [6.07, 6.45) is 2.30. The minimum absolute atomic E-state index is 0.643. The first-order valence-electron chi connectivity index (χ1n) is 7.19. The minimum Gasteiger partial charge on any atom is -0.380 e. The molecule has 3 aromatic carbocycles. The summed E-state index contributed by atoms with van der Waals surface area (Å²) in [5, 5.41) is 2.65. The zero-order chi connectivity index (χ0) is 14.2. The third-order valence-electron chi connectivity index (χ3n) is 4.12. The highest BCUT2D eigenvalue weighted by Crippen LogP contribution is 2.41. The third kappa shape index (κ3) is 1.90. The smallest absolute Gasteiger partial charge is 0.0719 e. The van der Waals surface area contributed by atoms with Crippen molar-refractivity contribution in [3.63, 3.8) is 0 Å². The molecule has 1 aliphatic rings. The van der Waals surface area contributed by atoms with E-state index < -0.39 is 0 Å². The van der Waals surface area contributed by atoms with Crippen LogP contribution in [0, 0.1) is 0 Å². The third-order valence-corrected chi connectivity index (χ3v) is 4.12. The highest BCUT2D eigenvalue weighted by molar-refractivity contribution is 6.13. The van der Waals surface area contributed by atoms with Crippen molar-refractivity contribution in [2.75, 3.05) is 7.11 Å². The van der Waals surface area contributed by atoms with E-state index in [1.807, 2.05) is 0 Å². The van der Waals surface area contributed by atoms with Gasteiger partial charge in [-0.1, -0.05) is 60.7 Å². The Hall–Kier alpha value is -2.38. The van der Waals surface area contributed by atoms with Crippen LogP contribution in [-0.2, 0) is 11.3 Å². The van der Waals surface area contributed by atoms with Crippen molar-refractivity contribution < 1.29 is 4.74 Å². The number of ether oxygens (including phenoxy) is 1. The Morgan fingerprint density at radius 2 is 1.71 bits per heavy atom. The molecule has 21 heavy (non-hydrogen) atoms. The molecule has 0 N–H and O–H groups in total.